The first-order valence-corrected chi connectivity index (χ1v) is 7.03. The van der Waals surface area contributed by atoms with E-state index in [1.807, 2.05) is 11.6 Å². The van der Waals surface area contributed by atoms with E-state index in [1.165, 1.54) is 0 Å². The van der Waals surface area contributed by atoms with E-state index in [-0.39, 0.29) is 6.04 Å². The van der Waals surface area contributed by atoms with E-state index in [0.29, 0.717) is 6.61 Å². The second-order valence-corrected chi connectivity index (χ2v) is 4.91. The van der Waals surface area contributed by atoms with Crippen LogP contribution in [0.5, 0.6) is 0 Å². The molecule has 0 aromatic carbocycles. The molecule has 1 atom stereocenters. The molecule has 0 radical (unpaired) electrons. The Labute approximate surface area is 114 Å². The first-order valence-electron chi connectivity index (χ1n) is 6.65. The molecule has 0 spiro atoms. The van der Waals surface area contributed by atoms with Crippen LogP contribution in [0.4, 0.5) is 0 Å². The van der Waals surface area contributed by atoms with E-state index in [9.17, 15) is 0 Å². The number of rotatable bonds is 8. The molecule has 1 unspecified atom stereocenters. The van der Waals surface area contributed by atoms with Gasteiger partial charge in [0.15, 0.2) is 0 Å². The van der Waals surface area contributed by atoms with Crippen molar-refractivity contribution in [2.75, 3.05) is 13.2 Å². The van der Waals surface area contributed by atoms with Gasteiger partial charge in [0.25, 0.3) is 0 Å². The number of hydrogen-bond acceptors (Lipinski definition) is 3. The predicted molar refractivity (Wildman–Crippen MR) is 75.1 cm³/mol. The number of aryl methyl sites for hydroxylation is 2. The first kappa shape index (κ1) is 15.5. The summed E-state index contributed by atoms with van der Waals surface area (Å²) < 4.78 is 7.38. The van der Waals surface area contributed by atoms with Gasteiger partial charge in [-0.2, -0.15) is 5.10 Å². The summed E-state index contributed by atoms with van der Waals surface area (Å²) in [5.74, 6) is 0. The highest BCUT2D eigenvalue weighted by Gasteiger charge is 2.15. The largest absolute Gasteiger partial charge is 0.381 e. The van der Waals surface area contributed by atoms with Gasteiger partial charge in [-0.25, -0.2) is 0 Å². The van der Waals surface area contributed by atoms with Gasteiger partial charge in [0.1, 0.15) is 0 Å². The number of hydrogen-bond donors (Lipinski definition) is 1. The van der Waals surface area contributed by atoms with E-state index in [2.05, 4.69) is 18.9 Å². The van der Waals surface area contributed by atoms with Crippen molar-refractivity contribution in [1.29, 1.82) is 0 Å². The van der Waals surface area contributed by atoms with Crippen LogP contribution in [0.1, 0.15) is 38.1 Å². The second-order valence-electron chi connectivity index (χ2n) is 4.53. The number of halogens is 1. The summed E-state index contributed by atoms with van der Waals surface area (Å²) in [7, 11) is 0. The third-order valence-electron chi connectivity index (χ3n) is 2.89. The fourth-order valence-electron chi connectivity index (χ4n) is 1.90. The number of aromatic nitrogens is 2. The molecular formula is C13H24ClN3O. The van der Waals surface area contributed by atoms with E-state index in [0.717, 1.165) is 48.8 Å². The molecule has 4 nitrogen and oxygen atoms in total. The zero-order valence-electron chi connectivity index (χ0n) is 11.6. The fourth-order valence-corrected chi connectivity index (χ4v) is 2.11. The molecule has 104 valence electrons. The van der Waals surface area contributed by atoms with Crippen LogP contribution in [0.2, 0.25) is 5.02 Å². The van der Waals surface area contributed by atoms with Gasteiger partial charge in [0, 0.05) is 32.2 Å². The summed E-state index contributed by atoms with van der Waals surface area (Å²) >= 11 is 6.25. The third-order valence-corrected chi connectivity index (χ3v) is 3.38. The molecule has 0 aliphatic rings. The summed E-state index contributed by atoms with van der Waals surface area (Å²) in [6, 6.07) is 0.0701. The van der Waals surface area contributed by atoms with E-state index in [4.69, 9.17) is 22.1 Å². The number of nitrogens with two attached hydrogens (primary N) is 1. The lowest BCUT2D eigenvalue weighted by atomic mass is 10.1. The fraction of sp³-hybridized carbons (Fsp3) is 0.769. The smallest absolute Gasteiger partial charge is 0.0847 e. The van der Waals surface area contributed by atoms with Crippen LogP contribution in [0.25, 0.3) is 0 Å². The standard InChI is InChI=1S/C13H24ClN3O/c1-4-7-18-8-6-11(15)9-12-13(14)10(3)16-17(12)5-2/h11H,4-9,15H2,1-3H3. The van der Waals surface area contributed by atoms with Gasteiger partial charge in [-0.05, 0) is 26.7 Å². The Kier molecular flexibility index (Phi) is 6.68. The Bertz CT molecular complexity index is 365. The van der Waals surface area contributed by atoms with E-state index in [1.54, 1.807) is 0 Å². The summed E-state index contributed by atoms with van der Waals surface area (Å²) in [5.41, 5.74) is 8.03. The van der Waals surface area contributed by atoms with Crippen molar-refractivity contribution in [1.82, 2.24) is 9.78 Å². The molecular weight excluding hydrogens is 250 g/mol. The Balaban J connectivity index is 2.50. The molecule has 1 heterocycles. The minimum absolute atomic E-state index is 0.0701. The maximum Gasteiger partial charge on any atom is 0.0847 e. The summed E-state index contributed by atoms with van der Waals surface area (Å²) in [4.78, 5) is 0. The van der Waals surface area contributed by atoms with Crippen LogP contribution in [-0.4, -0.2) is 29.0 Å². The summed E-state index contributed by atoms with van der Waals surface area (Å²) in [6.07, 6.45) is 2.65. The Morgan fingerprint density at radius 3 is 2.72 bits per heavy atom. The van der Waals surface area contributed by atoms with Gasteiger partial charge in [-0.1, -0.05) is 18.5 Å². The van der Waals surface area contributed by atoms with Gasteiger partial charge in [0.05, 0.1) is 16.4 Å². The third kappa shape index (κ3) is 4.26. The zero-order valence-corrected chi connectivity index (χ0v) is 12.3. The van der Waals surface area contributed by atoms with E-state index >= 15 is 0 Å². The van der Waals surface area contributed by atoms with Crippen molar-refractivity contribution in [3.05, 3.63) is 16.4 Å². The molecule has 0 saturated carbocycles. The molecule has 0 bridgehead atoms. The van der Waals surface area contributed by atoms with Gasteiger partial charge < -0.3 is 10.5 Å². The normalized spacial score (nSPS) is 12.9. The van der Waals surface area contributed by atoms with Crippen molar-refractivity contribution < 1.29 is 4.74 Å². The zero-order chi connectivity index (χ0) is 13.5. The molecule has 0 aliphatic carbocycles. The molecule has 1 aromatic rings. The van der Waals surface area contributed by atoms with Crippen molar-refractivity contribution in [2.45, 2.75) is 52.6 Å². The van der Waals surface area contributed by atoms with Gasteiger partial charge >= 0.3 is 0 Å². The molecule has 0 fully saturated rings. The molecule has 0 amide bonds. The van der Waals surface area contributed by atoms with Crippen molar-refractivity contribution in [3.63, 3.8) is 0 Å². The molecule has 2 N–H and O–H groups in total. The first-order chi connectivity index (χ1) is 8.60. The van der Waals surface area contributed by atoms with Crippen molar-refractivity contribution in [2.24, 2.45) is 5.73 Å². The minimum atomic E-state index is 0.0701. The van der Waals surface area contributed by atoms with Gasteiger partial charge in [-0.3, -0.25) is 4.68 Å². The lowest BCUT2D eigenvalue weighted by Gasteiger charge is -2.13. The Morgan fingerprint density at radius 1 is 1.39 bits per heavy atom. The predicted octanol–water partition coefficient (Wildman–Crippen LogP) is 2.55. The Hall–Kier alpha value is -0.580. The lowest BCUT2D eigenvalue weighted by molar-refractivity contribution is 0.127. The highest BCUT2D eigenvalue weighted by Crippen LogP contribution is 2.21. The summed E-state index contributed by atoms with van der Waals surface area (Å²) in [5, 5.41) is 5.14. The number of nitrogens with zero attached hydrogens (tertiary/aromatic N) is 2. The SMILES string of the molecule is CCCOCCC(N)Cc1c(Cl)c(C)nn1CC. The average Bonchev–Trinajstić information content (AvgIpc) is 2.62. The monoisotopic (exact) mass is 273 g/mol. The molecule has 5 heteroatoms. The minimum Gasteiger partial charge on any atom is -0.381 e. The van der Waals surface area contributed by atoms with Crippen LogP contribution in [-0.2, 0) is 17.7 Å². The van der Waals surface area contributed by atoms with Crippen LogP contribution in [0.15, 0.2) is 0 Å². The summed E-state index contributed by atoms with van der Waals surface area (Å²) in [6.45, 7) is 8.42. The average molecular weight is 274 g/mol. The van der Waals surface area contributed by atoms with Crippen LogP contribution in [0.3, 0.4) is 0 Å². The molecule has 18 heavy (non-hydrogen) atoms. The Morgan fingerprint density at radius 2 is 2.11 bits per heavy atom. The van der Waals surface area contributed by atoms with Crippen LogP contribution in [0, 0.1) is 6.92 Å². The highest BCUT2D eigenvalue weighted by atomic mass is 35.5. The molecule has 0 saturated heterocycles. The molecule has 1 aromatic heterocycles. The van der Waals surface area contributed by atoms with Crippen LogP contribution < -0.4 is 5.73 Å². The number of ether oxygens (including phenoxy) is 1. The highest BCUT2D eigenvalue weighted by molar-refractivity contribution is 6.31. The van der Waals surface area contributed by atoms with E-state index < -0.39 is 0 Å². The molecule has 0 aliphatic heterocycles. The van der Waals surface area contributed by atoms with Crippen molar-refractivity contribution >= 4 is 11.6 Å². The van der Waals surface area contributed by atoms with Crippen molar-refractivity contribution in [3.8, 4) is 0 Å². The second kappa shape index (κ2) is 7.77. The quantitative estimate of drug-likeness (QED) is 0.741. The topological polar surface area (TPSA) is 53.1 Å². The lowest BCUT2D eigenvalue weighted by Crippen LogP contribution is -2.26. The van der Waals surface area contributed by atoms with Gasteiger partial charge in [0.2, 0.25) is 0 Å². The maximum absolute atomic E-state index is 6.25. The van der Waals surface area contributed by atoms with Crippen LogP contribution >= 0.6 is 11.6 Å². The molecule has 1 rings (SSSR count). The maximum atomic E-state index is 6.25. The van der Waals surface area contributed by atoms with Gasteiger partial charge in [-0.15, -0.1) is 0 Å².